The van der Waals surface area contributed by atoms with E-state index in [-0.39, 0.29) is 40.0 Å². The van der Waals surface area contributed by atoms with Gasteiger partial charge >= 0.3 is 0 Å². The first-order valence-corrected chi connectivity index (χ1v) is 9.82. The number of hydrogen-bond donors (Lipinski definition) is 2. The maximum absolute atomic E-state index is 12.7. The Balaban J connectivity index is 2.17. The molecule has 148 valence electrons. The molecule has 0 fully saturated rings. The average Bonchev–Trinajstić information content (AvgIpc) is 2.66. The first-order valence-electron chi connectivity index (χ1n) is 8.50. The van der Waals surface area contributed by atoms with Crippen LogP contribution >= 0.6 is 0 Å². The van der Waals surface area contributed by atoms with Crippen LogP contribution in [-0.2, 0) is 15.6 Å². The van der Waals surface area contributed by atoms with Crippen molar-refractivity contribution < 1.29 is 18.7 Å². The lowest BCUT2D eigenvalue weighted by Crippen LogP contribution is -2.32. The van der Waals surface area contributed by atoms with Crippen molar-refractivity contribution in [3.05, 3.63) is 49.8 Å². The minimum Gasteiger partial charge on any atom is -0.497 e. The van der Waals surface area contributed by atoms with Crippen LogP contribution in [0, 0.1) is 10.1 Å². The molecular formula is C17H18N4O6S. The molecule has 11 heteroatoms. The molecule has 0 radical (unpaired) electrons. The molecule has 1 unspecified atom stereocenters. The molecule has 2 atom stereocenters. The molecule has 10 nitrogen and oxygen atoms in total. The molecule has 0 saturated heterocycles. The van der Waals surface area contributed by atoms with Gasteiger partial charge in [-0.1, -0.05) is 6.92 Å². The van der Waals surface area contributed by atoms with Gasteiger partial charge in [0.25, 0.3) is 11.2 Å². The van der Waals surface area contributed by atoms with Crippen LogP contribution in [0.5, 0.6) is 5.75 Å². The molecule has 0 aliphatic carbocycles. The number of nitrogens with one attached hydrogen (secondary N) is 2. The monoisotopic (exact) mass is 406 g/mol. The Morgan fingerprint density at radius 1 is 1.39 bits per heavy atom. The van der Waals surface area contributed by atoms with Crippen molar-refractivity contribution >= 4 is 28.2 Å². The minimum absolute atomic E-state index is 0.0189. The topological polar surface area (TPSA) is 144 Å². The maximum Gasteiger partial charge on any atom is 0.276 e. The summed E-state index contributed by atoms with van der Waals surface area (Å²) in [5.41, 5.74) is -0.538. The van der Waals surface area contributed by atoms with Crippen LogP contribution in [0.2, 0.25) is 0 Å². The fourth-order valence-electron chi connectivity index (χ4n) is 3.11. The number of methoxy groups -OCH3 is 1. The first kappa shape index (κ1) is 19.7. The van der Waals surface area contributed by atoms with E-state index in [9.17, 15) is 23.9 Å². The maximum atomic E-state index is 12.7. The summed E-state index contributed by atoms with van der Waals surface area (Å²) in [6, 6.07) is 4.24. The summed E-state index contributed by atoms with van der Waals surface area (Å²) in [5.74, 6) is -0.723. The van der Waals surface area contributed by atoms with Crippen LogP contribution in [0.15, 0.2) is 28.2 Å². The Bertz CT molecular complexity index is 1030. The van der Waals surface area contributed by atoms with Gasteiger partial charge in [0.2, 0.25) is 11.1 Å². The highest BCUT2D eigenvalue weighted by molar-refractivity contribution is 7.84. The van der Waals surface area contributed by atoms with Gasteiger partial charge in [-0.2, -0.15) is 0 Å². The Kier molecular flexibility index (Phi) is 5.54. The number of aromatic amines is 1. The van der Waals surface area contributed by atoms with E-state index in [1.165, 1.54) is 25.3 Å². The molecule has 1 amide bonds. The number of aromatic nitrogens is 2. The number of nitro benzene ring substituents is 1. The summed E-state index contributed by atoms with van der Waals surface area (Å²) in [7, 11) is -0.134. The van der Waals surface area contributed by atoms with E-state index < -0.39 is 33.1 Å². The molecule has 28 heavy (non-hydrogen) atoms. The van der Waals surface area contributed by atoms with E-state index in [0.29, 0.717) is 12.2 Å². The molecule has 2 heterocycles. The van der Waals surface area contributed by atoms with Crippen LogP contribution in [0.25, 0.3) is 0 Å². The van der Waals surface area contributed by atoms with Gasteiger partial charge in [0, 0.05) is 23.7 Å². The molecule has 2 aromatic rings. The van der Waals surface area contributed by atoms with E-state index in [0.717, 1.165) is 0 Å². The van der Waals surface area contributed by atoms with Crippen molar-refractivity contribution in [1.82, 2.24) is 9.97 Å². The highest BCUT2D eigenvalue weighted by Gasteiger charge is 2.35. The van der Waals surface area contributed by atoms with E-state index in [2.05, 4.69) is 15.3 Å². The summed E-state index contributed by atoms with van der Waals surface area (Å²) in [6.45, 7) is 1.84. The average molecular weight is 406 g/mol. The quantitative estimate of drug-likeness (QED) is 0.422. The number of nitro groups is 1. The number of benzene rings is 1. The standard InChI is InChI=1S/C17H18N4O6S/c1-3-6-28(26)17-19-15-14(16(23)20-17)11(8-13(22)18-15)10-5-4-9(27-2)7-12(10)21(24)25/h4-5,7,11H,3,6,8H2,1-2H3,(H2,18,19,20,22,23)/t11-,28?/m1/s1. The highest BCUT2D eigenvalue weighted by Crippen LogP contribution is 2.39. The molecule has 1 aliphatic heterocycles. The summed E-state index contributed by atoms with van der Waals surface area (Å²) < 4.78 is 17.2. The van der Waals surface area contributed by atoms with Gasteiger partial charge in [-0.3, -0.25) is 28.9 Å². The van der Waals surface area contributed by atoms with Crippen LogP contribution in [0.1, 0.15) is 36.8 Å². The SMILES string of the molecule is CCCS(=O)c1nc2c(c(=O)[nH]1)[C@@H](c1ccc(OC)cc1[N+](=O)[O-])CC(=O)N2. The second-order valence-corrected chi connectivity index (χ2v) is 7.66. The third kappa shape index (κ3) is 3.65. The van der Waals surface area contributed by atoms with Crippen molar-refractivity contribution in [2.45, 2.75) is 30.8 Å². The summed E-state index contributed by atoms with van der Waals surface area (Å²) in [5, 5.41) is 14.0. The van der Waals surface area contributed by atoms with E-state index in [4.69, 9.17) is 4.74 Å². The third-order valence-electron chi connectivity index (χ3n) is 4.34. The van der Waals surface area contributed by atoms with Crippen LogP contribution in [0.4, 0.5) is 11.5 Å². The van der Waals surface area contributed by atoms with Gasteiger partial charge in [0.05, 0.1) is 34.5 Å². The van der Waals surface area contributed by atoms with E-state index in [1.807, 2.05) is 6.92 Å². The van der Waals surface area contributed by atoms with Gasteiger partial charge in [-0.15, -0.1) is 0 Å². The largest absolute Gasteiger partial charge is 0.497 e. The number of anilines is 1. The molecule has 3 rings (SSSR count). The lowest BCUT2D eigenvalue weighted by molar-refractivity contribution is -0.385. The molecule has 2 N–H and O–H groups in total. The van der Waals surface area contributed by atoms with Gasteiger partial charge in [-0.05, 0) is 18.6 Å². The number of ether oxygens (including phenoxy) is 1. The second kappa shape index (κ2) is 7.89. The third-order valence-corrected chi connectivity index (χ3v) is 5.75. The first-order chi connectivity index (χ1) is 13.3. The molecule has 0 bridgehead atoms. The predicted octanol–water partition coefficient (Wildman–Crippen LogP) is 1.68. The summed E-state index contributed by atoms with van der Waals surface area (Å²) in [6.07, 6.45) is 0.475. The molecule has 1 aliphatic rings. The zero-order valence-electron chi connectivity index (χ0n) is 15.2. The smallest absolute Gasteiger partial charge is 0.276 e. The number of amides is 1. The Morgan fingerprint density at radius 2 is 2.14 bits per heavy atom. The lowest BCUT2D eigenvalue weighted by Gasteiger charge is -2.24. The molecule has 0 saturated carbocycles. The van der Waals surface area contributed by atoms with Gasteiger partial charge in [-0.25, -0.2) is 4.98 Å². The molecule has 1 aromatic carbocycles. The highest BCUT2D eigenvalue weighted by atomic mass is 32.2. The van der Waals surface area contributed by atoms with Crippen molar-refractivity contribution in [2.24, 2.45) is 0 Å². The van der Waals surface area contributed by atoms with Crippen LogP contribution in [-0.4, -0.2) is 37.9 Å². The van der Waals surface area contributed by atoms with Crippen LogP contribution in [0.3, 0.4) is 0 Å². The fourth-order valence-corrected chi connectivity index (χ4v) is 4.07. The second-order valence-electron chi connectivity index (χ2n) is 6.17. The number of carbonyl (C=O) groups excluding carboxylic acids is 1. The number of H-pyrrole nitrogens is 1. The van der Waals surface area contributed by atoms with Crippen molar-refractivity contribution in [3.63, 3.8) is 0 Å². The summed E-state index contributed by atoms with van der Waals surface area (Å²) >= 11 is 0. The van der Waals surface area contributed by atoms with E-state index >= 15 is 0 Å². The minimum atomic E-state index is -1.52. The number of carbonyl (C=O) groups is 1. The zero-order chi connectivity index (χ0) is 20.4. The summed E-state index contributed by atoms with van der Waals surface area (Å²) in [4.78, 5) is 42.5. The van der Waals surface area contributed by atoms with E-state index in [1.54, 1.807) is 0 Å². The van der Waals surface area contributed by atoms with Crippen molar-refractivity contribution in [2.75, 3.05) is 18.2 Å². The molecule has 0 spiro atoms. The van der Waals surface area contributed by atoms with Crippen molar-refractivity contribution in [3.8, 4) is 5.75 Å². The van der Waals surface area contributed by atoms with Crippen LogP contribution < -0.4 is 15.6 Å². The Hall–Kier alpha value is -3.08. The van der Waals surface area contributed by atoms with Gasteiger partial charge < -0.3 is 10.1 Å². The normalized spacial score (nSPS) is 16.8. The van der Waals surface area contributed by atoms with Crippen molar-refractivity contribution in [1.29, 1.82) is 0 Å². The number of hydrogen-bond acceptors (Lipinski definition) is 7. The zero-order valence-corrected chi connectivity index (χ0v) is 16.0. The number of rotatable bonds is 6. The molecule has 1 aromatic heterocycles. The molecular weight excluding hydrogens is 388 g/mol. The van der Waals surface area contributed by atoms with Gasteiger partial charge in [0.15, 0.2) is 0 Å². The fraction of sp³-hybridized carbons (Fsp3) is 0.353. The van der Waals surface area contributed by atoms with Gasteiger partial charge in [0.1, 0.15) is 11.6 Å². The predicted molar refractivity (Wildman–Crippen MR) is 101 cm³/mol. The Labute approximate surface area is 161 Å². The number of fused-ring (bicyclic) bond motifs is 1. The number of nitrogens with zero attached hydrogens (tertiary/aromatic N) is 2. The lowest BCUT2D eigenvalue weighted by atomic mass is 9.86. The Morgan fingerprint density at radius 3 is 2.79 bits per heavy atom.